The summed E-state index contributed by atoms with van der Waals surface area (Å²) in [6.07, 6.45) is 4.31. The zero-order valence-electron chi connectivity index (χ0n) is 18.7. The van der Waals surface area contributed by atoms with Crippen molar-refractivity contribution in [2.24, 2.45) is 11.8 Å². The molecule has 2 aliphatic carbocycles. The molecule has 3 fully saturated rings. The molecule has 9 heteroatoms. The van der Waals surface area contributed by atoms with E-state index in [-0.39, 0.29) is 17.6 Å². The van der Waals surface area contributed by atoms with Crippen LogP contribution in [0.25, 0.3) is 11.3 Å². The van der Waals surface area contributed by atoms with Gasteiger partial charge in [0.25, 0.3) is 0 Å². The van der Waals surface area contributed by atoms with Gasteiger partial charge in [0.15, 0.2) is 11.6 Å². The first kappa shape index (κ1) is 21.6. The van der Waals surface area contributed by atoms with Gasteiger partial charge < -0.3 is 15.2 Å². The number of morpholine rings is 1. The average molecular weight is 448 g/mol. The van der Waals surface area contributed by atoms with Crippen molar-refractivity contribution in [3.63, 3.8) is 0 Å². The van der Waals surface area contributed by atoms with E-state index in [1.165, 1.54) is 24.6 Å². The molecule has 0 radical (unpaired) electrons. The van der Waals surface area contributed by atoms with Gasteiger partial charge in [0.05, 0.1) is 18.4 Å². The van der Waals surface area contributed by atoms with Gasteiger partial charge in [0, 0.05) is 48.5 Å². The fourth-order valence-corrected chi connectivity index (χ4v) is 5.72. The number of fused-ring (bicyclic) bond motifs is 1. The average Bonchev–Trinajstić information content (AvgIpc) is 3.08. The van der Waals surface area contributed by atoms with Crippen LogP contribution in [-0.2, 0) is 4.74 Å². The SMILES string of the molecule is CC1CN(C2CC3C(C2)C3c2cc(-c3cnc(N)c(OC(F)F)c3)nn2C(C)C)CCO1. The number of nitrogen functional groups attached to an aromatic ring is 1. The summed E-state index contributed by atoms with van der Waals surface area (Å²) in [7, 11) is 0. The Morgan fingerprint density at radius 3 is 2.62 bits per heavy atom. The van der Waals surface area contributed by atoms with Crippen molar-refractivity contribution >= 4 is 5.82 Å². The summed E-state index contributed by atoms with van der Waals surface area (Å²) in [5.74, 6) is 1.69. The summed E-state index contributed by atoms with van der Waals surface area (Å²) >= 11 is 0. The number of hydrogen-bond acceptors (Lipinski definition) is 6. The minimum atomic E-state index is -2.95. The Labute approximate surface area is 186 Å². The van der Waals surface area contributed by atoms with E-state index < -0.39 is 6.61 Å². The molecule has 2 saturated carbocycles. The number of hydrogen-bond donors (Lipinski definition) is 1. The lowest BCUT2D eigenvalue weighted by Gasteiger charge is -2.36. The van der Waals surface area contributed by atoms with Crippen LogP contribution in [0.2, 0.25) is 0 Å². The fraction of sp³-hybridized carbons (Fsp3) is 0.652. The van der Waals surface area contributed by atoms with E-state index in [1.54, 1.807) is 6.20 Å². The smallest absolute Gasteiger partial charge is 0.387 e. The first-order valence-electron chi connectivity index (χ1n) is 11.5. The molecular formula is C23H31F2N5O2. The molecule has 7 nitrogen and oxygen atoms in total. The van der Waals surface area contributed by atoms with Gasteiger partial charge in [0.1, 0.15) is 0 Å². The second kappa shape index (κ2) is 8.26. The van der Waals surface area contributed by atoms with E-state index in [0.29, 0.717) is 41.2 Å². The van der Waals surface area contributed by atoms with Gasteiger partial charge in [-0.2, -0.15) is 13.9 Å². The van der Waals surface area contributed by atoms with E-state index in [9.17, 15) is 8.78 Å². The molecule has 174 valence electrons. The third-order valence-electron chi connectivity index (χ3n) is 7.20. The maximum Gasteiger partial charge on any atom is 0.387 e. The number of nitrogens with two attached hydrogens (primary N) is 1. The summed E-state index contributed by atoms with van der Waals surface area (Å²) in [5.41, 5.74) is 8.26. The van der Waals surface area contributed by atoms with Gasteiger partial charge in [-0.1, -0.05) is 0 Å². The Morgan fingerprint density at radius 2 is 1.97 bits per heavy atom. The van der Waals surface area contributed by atoms with Crippen molar-refractivity contribution in [3.05, 3.63) is 24.0 Å². The standard InChI is InChI=1S/C23H31F2N5O2/c1-12(2)30-19(9-18(28-30)14-6-20(32-23(24)25)22(26)27-10-14)21-16-7-15(8-17(16)21)29-4-5-31-13(3)11-29/h6,9-10,12-13,15-17,21,23H,4-5,7-8,11H2,1-3H3,(H2,26,27). The molecule has 5 rings (SSSR count). The molecule has 3 unspecified atom stereocenters. The van der Waals surface area contributed by atoms with Crippen LogP contribution in [0.3, 0.4) is 0 Å². The molecule has 2 aromatic heterocycles. The monoisotopic (exact) mass is 447 g/mol. The lowest BCUT2D eigenvalue weighted by Crippen LogP contribution is -2.46. The quantitative estimate of drug-likeness (QED) is 0.723. The largest absolute Gasteiger partial charge is 0.431 e. The Balaban J connectivity index is 1.35. The van der Waals surface area contributed by atoms with E-state index in [2.05, 4.69) is 46.1 Å². The Bertz CT molecular complexity index is 969. The van der Waals surface area contributed by atoms with Crippen LogP contribution in [0.15, 0.2) is 18.3 Å². The third-order valence-corrected chi connectivity index (χ3v) is 7.20. The Kier molecular flexibility index (Phi) is 5.57. The Hall–Kier alpha value is -2.26. The predicted octanol–water partition coefficient (Wildman–Crippen LogP) is 3.92. The van der Waals surface area contributed by atoms with Crippen LogP contribution in [0.1, 0.15) is 51.3 Å². The normalized spacial score (nSPS) is 30.2. The lowest BCUT2D eigenvalue weighted by molar-refractivity contribution is -0.0494. The van der Waals surface area contributed by atoms with Gasteiger partial charge in [-0.3, -0.25) is 9.58 Å². The van der Waals surface area contributed by atoms with E-state index in [4.69, 9.17) is 15.6 Å². The van der Waals surface area contributed by atoms with E-state index in [0.717, 1.165) is 19.7 Å². The molecule has 32 heavy (non-hydrogen) atoms. The molecule has 0 amide bonds. The van der Waals surface area contributed by atoms with Crippen molar-refractivity contribution in [3.8, 4) is 17.0 Å². The van der Waals surface area contributed by atoms with Crippen LogP contribution in [0.4, 0.5) is 14.6 Å². The first-order valence-corrected chi connectivity index (χ1v) is 11.5. The topological polar surface area (TPSA) is 78.4 Å². The summed E-state index contributed by atoms with van der Waals surface area (Å²) in [6.45, 7) is 6.30. The molecule has 3 aliphatic rings. The highest BCUT2D eigenvalue weighted by Crippen LogP contribution is 2.64. The number of aromatic nitrogens is 3. The molecule has 1 saturated heterocycles. The first-order chi connectivity index (χ1) is 15.3. The Morgan fingerprint density at radius 1 is 1.22 bits per heavy atom. The zero-order chi connectivity index (χ0) is 22.6. The van der Waals surface area contributed by atoms with Gasteiger partial charge in [-0.15, -0.1) is 0 Å². The molecule has 3 atom stereocenters. The maximum atomic E-state index is 12.7. The summed E-state index contributed by atoms with van der Waals surface area (Å²) in [5, 5.41) is 4.80. The summed E-state index contributed by atoms with van der Waals surface area (Å²) < 4.78 is 37.7. The second-order valence-corrected chi connectivity index (χ2v) is 9.63. The molecule has 0 bridgehead atoms. The van der Waals surface area contributed by atoms with Gasteiger partial charge >= 0.3 is 6.61 Å². The van der Waals surface area contributed by atoms with Gasteiger partial charge in [0.2, 0.25) is 0 Å². The van der Waals surface area contributed by atoms with Gasteiger partial charge in [-0.25, -0.2) is 4.98 Å². The minimum Gasteiger partial charge on any atom is -0.431 e. The molecule has 2 aromatic rings. The highest BCUT2D eigenvalue weighted by atomic mass is 19.3. The van der Waals surface area contributed by atoms with Crippen molar-refractivity contribution in [2.45, 2.75) is 64.3 Å². The fourth-order valence-electron chi connectivity index (χ4n) is 5.72. The number of ether oxygens (including phenoxy) is 2. The number of nitrogens with zero attached hydrogens (tertiary/aromatic N) is 4. The van der Waals surface area contributed by atoms with Crippen LogP contribution in [-0.4, -0.2) is 58.1 Å². The number of halogens is 2. The molecule has 0 aromatic carbocycles. The molecular weight excluding hydrogens is 416 g/mol. The zero-order valence-corrected chi connectivity index (χ0v) is 18.7. The summed E-state index contributed by atoms with van der Waals surface area (Å²) in [6, 6.07) is 4.44. The van der Waals surface area contributed by atoms with Crippen LogP contribution in [0.5, 0.6) is 5.75 Å². The minimum absolute atomic E-state index is 0.0576. The second-order valence-electron chi connectivity index (χ2n) is 9.63. The molecule has 0 spiro atoms. The van der Waals surface area contributed by atoms with Crippen molar-refractivity contribution in [2.75, 3.05) is 25.4 Å². The molecule has 3 heterocycles. The van der Waals surface area contributed by atoms with Gasteiger partial charge in [-0.05, 0) is 57.6 Å². The van der Waals surface area contributed by atoms with Crippen molar-refractivity contribution in [1.29, 1.82) is 0 Å². The number of anilines is 1. The third kappa shape index (κ3) is 3.96. The van der Waals surface area contributed by atoms with Crippen LogP contribution < -0.4 is 10.5 Å². The van der Waals surface area contributed by atoms with Crippen molar-refractivity contribution in [1.82, 2.24) is 19.7 Å². The number of pyridine rings is 1. The predicted molar refractivity (Wildman–Crippen MR) is 117 cm³/mol. The maximum absolute atomic E-state index is 12.7. The van der Waals surface area contributed by atoms with E-state index in [1.807, 2.05) is 0 Å². The summed E-state index contributed by atoms with van der Waals surface area (Å²) in [4.78, 5) is 6.64. The highest BCUT2D eigenvalue weighted by Gasteiger charge is 2.58. The van der Waals surface area contributed by atoms with Crippen LogP contribution in [0, 0.1) is 11.8 Å². The van der Waals surface area contributed by atoms with Crippen LogP contribution >= 0.6 is 0 Å². The lowest BCUT2D eigenvalue weighted by atomic mass is 10.0. The highest BCUT2D eigenvalue weighted by molar-refractivity contribution is 5.64. The number of rotatable bonds is 6. The van der Waals surface area contributed by atoms with Crippen molar-refractivity contribution < 1.29 is 18.3 Å². The molecule has 2 N–H and O–H groups in total. The number of alkyl halides is 2. The van der Waals surface area contributed by atoms with E-state index >= 15 is 0 Å². The molecule has 1 aliphatic heterocycles.